The molecule has 0 aliphatic heterocycles. The van der Waals surface area contributed by atoms with Gasteiger partial charge in [0, 0.05) is 12.4 Å². The number of fused-ring (bicyclic) bond motifs is 1. The van der Waals surface area contributed by atoms with E-state index in [2.05, 4.69) is 15.5 Å². The summed E-state index contributed by atoms with van der Waals surface area (Å²) in [5, 5.41) is 21.3. The number of aromatic nitrogens is 3. The van der Waals surface area contributed by atoms with Gasteiger partial charge in [0.1, 0.15) is 6.07 Å². The SMILES string of the molecule is COC(=O)c1cc2ccccc2cc1NC(=O)c1ccc(-n2ccc(C#N)c2)nn1. The molecule has 2 aromatic carbocycles. The van der Waals surface area contributed by atoms with E-state index >= 15 is 0 Å². The van der Waals surface area contributed by atoms with E-state index in [4.69, 9.17) is 10.00 Å². The number of nitrogens with one attached hydrogen (secondary N) is 1. The van der Waals surface area contributed by atoms with Crippen molar-refractivity contribution in [1.29, 1.82) is 5.26 Å². The smallest absolute Gasteiger partial charge is 0.339 e. The summed E-state index contributed by atoms with van der Waals surface area (Å²) in [6.45, 7) is 0. The van der Waals surface area contributed by atoms with Crippen LogP contribution in [-0.4, -0.2) is 33.8 Å². The van der Waals surface area contributed by atoms with E-state index in [1.807, 2.05) is 30.3 Å². The van der Waals surface area contributed by atoms with Gasteiger partial charge in [-0.25, -0.2) is 4.79 Å². The summed E-state index contributed by atoms with van der Waals surface area (Å²) < 4.78 is 6.48. The minimum Gasteiger partial charge on any atom is -0.465 e. The van der Waals surface area contributed by atoms with Crippen molar-refractivity contribution >= 4 is 28.3 Å². The van der Waals surface area contributed by atoms with E-state index in [0.717, 1.165) is 10.8 Å². The van der Waals surface area contributed by atoms with Crippen molar-refractivity contribution in [2.75, 3.05) is 12.4 Å². The molecule has 0 fully saturated rings. The molecular weight excluding hydrogens is 382 g/mol. The number of rotatable bonds is 4. The minimum atomic E-state index is -0.557. The van der Waals surface area contributed by atoms with Crippen LogP contribution < -0.4 is 5.32 Å². The topological polar surface area (TPSA) is 110 Å². The standard InChI is InChI=1S/C22H15N5O3/c1-30-22(29)17-10-15-4-2-3-5-16(15)11-19(17)24-21(28)18-6-7-20(26-25-18)27-9-8-14(12-23)13-27/h2-11,13H,1H3,(H,24,28). The van der Waals surface area contributed by atoms with Crippen molar-refractivity contribution in [1.82, 2.24) is 14.8 Å². The molecule has 4 aromatic rings. The molecule has 1 N–H and O–H groups in total. The van der Waals surface area contributed by atoms with Crippen LogP contribution >= 0.6 is 0 Å². The fourth-order valence-corrected chi connectivity index (χ4v) is 3.00. The van der Waals surface area contributed by atoms with E-state index in [9.17, 15) is 9.59 Å². The molecule has 1 amide bonds. The second-order valence-corrected chi connectivity index (χ2v) is 6.39. The van der Waals surface area contributed by atoms with E-state index in [1.54, 1.807) is 41.2 Å². The molecule has 2 aromatic heterocycles. The van der Waals surface area contributed by atoms with Gasteiger partial charge in [-0.1, -0.05) is 24.3 Å². The van der Waals surface area contributed by atoms with Crippen LogP contribution in [0, 0.1) is 11.3 Å². The molecule has 0 bridgehead atoms. The summed E-state index contributed by atoms with van der Waals surface area (Å²) in [7, 11) is 1.28. The third-order valence-corrected chi connectivity index (χ3v) is 4.51. The Kier molecular flexibility index (Phi) is 4.93. The van der Waals surface area contributed by atoms with Crippen molar-refractivity contribution in [3.8, 4) is 11.9 Å². The van der Waals surface area contributed by atoms with Crippen LogP contribution in [0.4, 0.5) is 5.69 Å². The van der Waals surface area contributed by atoms with Crippen molar-refractivity contribution in [3.63, 3.8) is 0 Å². The van der Waals surface area contributed by atoms with Crippen molar-refractivity contribution in [2.24, 2.45) is 0 Å². The highest BCUT2D eigenvalue weighted by Gasteiger charge is 2.17. The Hall–Kier alpha value is -4.51. The summed E-state index contributed by atoms with van der Waals surface area (Å²) in [6.07, 6.45) is 3.29. The number of nitrogens with zero attached hydrogens (tertiary/aromatic N) is 4. The molecule has 146 valence electrons. The van der Waals surface area contributed by atoms with Crippen LogP contribution in [-0.2, 0) is 4.74 Å². The summed E-state index contributed by atoms with van der Waals surface area (Å²) in [5.41, 5.74) is 1.13. The van der Waals surface area contributed by atoms with Crippen LogP contribution in [0.1, 0.15) is 26.4 Å². The minimum absolute atomic E-state index is 0.0791. The number of amides is 1. The number of carbonyl (C=O) groups is 2. The summed E-state index contributed by atoms with van der Waals surface area (Å²) >= 11 is 0. The number of anilines is 1. The van der Waals surface area contributed by atoms with E-state index in [-0.39, 0.29) is 11.3 Å². The number of methoxy groups -OCH3 is 1. The first-order chi connectivity index (χ1) is 14.6. The van der Waals surface area contributed by atoms with Gasteiger partial charge in [-0.2, -0.15) is 5.26 Å². The predicted molar refractivity (Wildman–Crippen MR) is 109 cm³/mol. The Morgan fingerprint density at radius 1 is 1.07 bits per heavy atom. The van der Waals surface area contributed by atoms with Gasteiger partial charge >= 0.3 is 5.97 Å². The number of benzene rings is 2. The molecule has 0 radical (unpaired) electrons. The second kappa shape index (κ2) is 7.85. The molecule has 0 unspecified atom stereocenters. The van der Waals surface area contributed by atoms with Crippen molar-refractivity contribution < 1.29 is 14.3 Å². The summed E-state index contributed by atoms with van der Waals surface area (Å²) in [5.74, 6) is -0.605. The maximum absolute atomic E-state index is 12.7. The van der Waals surface area contributed by atoms with E-state index in [1.165, 1.54) is 13.2 Å². The fourth-order valence-electron chi connectivity index (χ4n) is 3.00. The van der Waals surface area contributed by atoms with Crippen molar-refractivity contribution in [2.45, 2.75) is 0 Å². The summed E-state index contributed by atoms with van der Waals surface area (Å²) in [6, 6.07) is 17.7. The fraction of sp³-hybridized carbons (Fsp3) is 0.0455. The largest absolute Gasteiger partial charge is 0.465 e. The molecule has 4 rings (SSSR count). The van der Waals surface area contributed by atoms with Gasteiger partial charge in [-0.3, -0.25) is 4.79 Å². The number of nitriles is 1. The Bertz CT molecular complexity index is 1300. The third-order valence-electron chi connectivity index (χ3n) is 4.51. The third kappa shape index (κ3) is 3.59. The first kappa shape index (κ1) is 18.8. The van der Waals surface area contributed by atoms with Crippen LogP contribution in [0.2, 0.25) is 0 Å². The Balaban J connectivity index is 1.62. The molecule has 2 heterocycles. The first-order valence-corrected chi connectivity index (χ1v) is 8.93. The molecule has 0 spiro atoms. The van der Waals surface area contributed by atoms with E-state index in [0.29, 0.717) is 17.1 Å². The molecule has 0 atom stereocenters. The molecular formula is C22H15N5O3. The molecule has 8 heteroatoms. The van der Waals surface area contributed by atoms with Gasteiger partial charge in [0.05, 0.1) is 23.9 Å². The molecule has 0 saturated heterocycles. The van der Waals surface area contributed by atoms with Gasteiger partial charge in [0.25, 0.3) is 5.91 Å². The second-order valence-electron chi connectivity index (χ2n) is 6.39. The maximum Gasteiger partial charge on any atom is 0.339 e. The highest BCUT2D eigenvalue weighted by atomic mass is 16.5. The Morgan fingerprint density at radius 2 is 1.83 bits per heavy atom. The number of carbonyl (C=O) groups excluding carboxylic acids is 2. The predicted octanol–water partition coefficient (Wildman–Crippen LogP) is 3.33. The van der Waals surface area contributed by atoms with Gasteiger partial charge < -0.3 is 14.6 Å². The lowest BCUT2D eigenvalue weighted by molar-refractivity contribution is 0.0602. The van der Waals surface area contributed by atoms with Gasteiger partial charge in [-0.15, -0.1) is 10.2 Å². The number of hydrogen-bond acceptors (Lipinski definition) is 6. The van der Waals surface area contributed by atoms with Crippen LogP contribution in [0.5, 0.6) is 0 Å². The average molecular weight is 397 g/mol. The normalized spacial score (nSPS) is 10.4. The van der Waals surface area contributed by atoms with Crippen molar-refractivity contribution in [3.05, 3.63) is 83.8 Å². The van der Waals surface area contributed by atoms with Crippen LogP contribution in [0.15, 0.2) is 67.0 Å². The van der Waals surface area contributed by atoms with Crippen LogP contribution in [0.25, 0.3) is 16.6 Å². The lowest BCUT2D eigenvalue weighted by Crippen LogP contribution is -2.17. The van der Waals surface area contributed by atoms with E-state index < -0.39 is 11.9 Å². The zero-order chi connectivity index (χ0) is 21.1. The molecule has 0 aliphatic carbocycles. The highest BCUT2D eigenvalue weighted by Crippen LogP contribution is 2.25. The zero-order valence-corrected chi connectivity index (χ0v) is 15.9. The quantitative estimate of drug-likeness (QED) is 0.529. The molecule has 0 aliphatic rings. The molecule has 8 nitrogen and oxygen atoms in total. The first-order valence-electron chi connectivity index (χ1n) is 8.93. The zero-order valence-electron chi connectivity index (χ0n) is 15.9. The number of ether oxygens (including phenoxy) is 1. The Labute approximate surface area is 171 Å². The number of hydrogen-bond donors (Lipinski definition) is 1. The van der Waals surface area contributed by atoms with Gasteiger partial charge in [0.2, 0.25) is 0 Å². The maximum atomic E-state index is 12.7. The average Bonchev–Trinajstić information content (AvgIpc) is 3.27. The van der Waals surface area contributed by atoms with Gasteiger partial charge in [-0.05, 0) is 41.1 Å². The molecule has 30 heavy (non-hydrogen) atoms. The lowest BCUT2D eigenvalue weighted by atomic mass is 10.0. The Morgan fingerprint density at radius 3 is 2.47 bits per heavy atom. The highest BCUT2D eigenvalue weighted by molar-refractivity contribution is 6.09. The summed E-state index contributed by atoms with van der Waals surface area (Å²) in [4.78, 5) is 24.9. The van der Waals surface area contributed by atoms with Gasteiger partial charge in [0.15, 0.2) is 11.5 Å². The van der Waals surface area contributed by atoms with Crippen LogP contribution in [0.3, 0.4) is 0 Å². The number of esters is 1. The lowest BCUT2D eigenvalue weighted by Gasteiger charge is -2.11. The molecule has 0 saturated carbocycles. The monoisotopic (exact) mass is 397 g/mol.